The first kappa shape index (κ1) is 22.8. The summed E-state index contributed by atoms with van der Waals surface area (Å²) in [7, 11) is -1.91. The van der Waals surface area contributed by atoms with Gasteiger partial charge < -0.3 is 16.0 Å². The minimum atomic E-state index is -3.74. The Morgan fingerprint density at radius 2 is 2.03 bits per heavy atom. The summed E-state index contributed by atoms with van der Waals surface area (Å²) < 4.78 is 31.2. The van der Waals surface area contributed by atoms with Crippen LogP contribution in [-0.2, 0) is 34.7 Å². The second-order valence-electron chi connectivity index (χ2n) is 9.10. The molecule has 0 saturated heterocycles. The average molecular weight is 509 g/mol. The van der Waals surface area contributed by atoms with E-state index in [0.29, 0.717) is 29.0 Å². The van der Waals surface area contributed by atoms with Crippen molar-refractivity contribution in [3.05, 3.63) is 22.7 Å². The van der Waals surface area contributed by atoms with Crippen molar-refractivity contribution < 1.29 is 13.2 Å². The third kappa shape index (κ3) is 5.23. The number of nitrogens with zero attached hydrogens (tertiary/aromatic N) is 2. The van der Waals surface area contributed by atoms with Crippen LogP contribution in [0.2, 0.25) is 0 Å². The number of anilines is 2. The van der Waals surface area contributed by atoms with E-state index in [-0.39, 0.29) is 22.8 Å². The Morgan fingerprint density at radius 1 is 1.24 bits per heavy atom. The maximum atomic E-state index is 13.3. The number of fused-ring (bicyclic) bond motifs is 1. The summed E-state index contributed by atoms with van der Waals surface area (Å²) in [6, 6.07) is 1.82. The number of aromatic nitrogens is 2. The number of carbonyl (C=O) groups excluding carboxylic acids is 1. The molecule has 2 heterocycles. The summed E-state index contributed by atoms with van der Waals surface area (Å²) in [6.45, 7) is 0.448. The molecule has 33 heavy (non-hydrogen) atoms. The summed E-state index contributed by atoms with van der Waals surface area (Å²) in [5, 5.41) is 14.4. The molecule has 0 aliphatic heterocycles. The van der Waals surface area contributed by atoms with E-state index in [1.807, 2.05) is 13.1 Å². The number of rotatable bonds is 8. The standard InChI is InChI=1S/C21H28N6O3S3/c1-27-17(8-9-22-27)25-21(31)24-14-6-7-16-15(10-14)18(33(29,30)23-11-12-2-3-12)20(32-16)26-19(28)13-4-5-13/h8-9,12-14,23H,2-7,10-11H2,1H3,(H,26,28)(H2,24,25,31). The molecule has 1 amide bonds. The molecule has 2 aromatic rings. The van der Waals surface area contributed by atoms with Crippen molar-refractivity contribution in [1.82, 2.24) is 19.8 Å². The van der Waals surface area contributed by atoms with Crippen molar-refractivity contribution in [2.75, 3.05) is 17.2 Å². The lowest BCUT2D eigenvalue weighted by molar-refractivity contribution is -0.117. The van der Waals surface area contributed by atoms with Gasteiger partial charge in [-0.3, -0.25) is 9.48 Å². The monoisotopic (exact) mass is 508 g/mol. The molecule has 2 saturated carbocycles. The fourth-order valence-electron chi connectivity index (χ4n) is 4.06. The number of aryl methyl sites for hydroxylation is 2. The number of nitrogens with one attached hydrogen (secondary N) is 4. The number of amides is 1. The molecular weight excluding hydrogens is 480 g/mol. The number of hydrogen-bond acceptors (Lipinski definition) is 6. The minimum absolute atomic E-state index is 0.00368. The van der Waals surface area contributed by atoms with Crippen LogP contribution in [0.1, 0.15) is 42.5 Å². The summed E-state index contributed by atoms with van der Waals surface area (Å²) in [4.78, 5) is 13.7. The van der Waals surface area contributed by atoms with Gasteiger partial charge in [0.1, 0.15) is 15.7 Å². The molecule has 0 aromatic carbocycles. The van der Waals surface area contributed by atoms with Crippen LogP contribution in [-0.4, -0.2) is 41.8 Å². The quantitative estimate of drug-likeness (QED) is 0.405. The molecule has 2 aromatic heterocycles. The van der Waals surface area contributed by atoms with E-state index in [2.05, 4.69) is 25.8 Å². The van der Waals surface area contributed by atoms with Crippen LogP contribution in [0.25, 0.3) is 0 Å². The van der Waals surface area contributed by atoms with Crippen LogP contribution in [0.15, 0.2) is 17.2 Å². The van der Waals surface area contributed by atoms with Crippen LogP contribution in [0.5, 0.6) is 0 Å². The van der Waals surface area contributed by atoms with Gasteiger partial charge in [0.05, 0.1) is 6.20 Å². The third-order valence-electron chi connectivity index (χ3n) is 6.32. The SMILES string of the molecule is Cn1nccc1NC(=S)NC1CCc2sc(NC(=O)C3CC3)c(S(=O)(=O)NCC3CC3)c2C1. The van der Waals surface area contributed by atoms with Crippen molar-refractivity contribution in [2.24, 2.45) is 18.9 Å². The van der Waals surface area contributed by atoms with Crippen molar-refractivity contribution in [3.63, 3.8) is 0 Å². The van der Waals surface area contributed by atoms with Crippen LogP contribution in [0.4, 0.5) is 10.8 Å². The first-order valence-corrected chi connectivity index (χ1v) is 14.0. The van der Waals surface area contributed by atoms with Gasteiger partial charge in [0.15, 0.2) is 5.11 Å². The molecule has 3 aliphatic carbocycles. The molecule has 12 heteroatoms. The van der Waals surface area contributed by atoms with E-state index in [4.69, 9.17) is 12.2 Å². The molecule has 0 spiro atoms. The van der Waals surface area contributed by atoms with Gasteiger partial charge in [-0.2, -0.15) is 5.10 Å². The second kappa shape index (κ2) is 8.97. The topological polar surface area (TPSA) is 117 Å². The fraction of sp³-hybridized carbons (Fsp3) is 0.571. The molecule has 5 rings (SSSR count). The number of hydrogen-bond donors (Lipinski definition) is 4. The Labute approximate surface area is 202 Å². The largest absolute Gasteiger partial charge is 0.359 e. The van der Waals surface area contributed by atoms with Crippen molar-refractivity contribution in [3.8, 4) is 0 Å². The van der Waals surface area contributed by atoms with Crippen molar-refractivity contribution in [1.29, 1.82) is 0 Å². The van der Waals surface area contributed by atoms with Crippen molar-refractivity contribution in [2.45, 2.75) is 55.9 Å². The van der Waals surface area contributed by atoms with Crippen LogP contribution in [0, 0.1) is 11.8 Å². The lowest BCUT2D eigenvalue weighted by atomic mass is 9.94. The zero-order chi connectivity index (χ0) is 23.2. The summed E-state index contributed by atoms with van der Waals surface area (Å²) in [5.74, 6) is 1.12. The number of carbonyl (C=O) groups is 1. The Hall–Kier alpha value is -2.02. The number of thiophene rings is 1. The normalized spacial score (nSPS) is 20.2. The third-order valence-corrected chi connectivity index (χ3v) is 9.41. The van der Waals surface area contributed by atoms with Gasteiger partial charge in [-0.1, -0.05) is 0 Å². The molecule has 4 N–H and O–H groups in total. The van der Waals surface area contributed by atoms with Gasteiger partial charge in [-0.15, -0.1) is 11.3 Å². The molecule has 0 radical (unpaired) electrons. The molecule has 9 nitrogen and oxygen atoms in total. The highest BCUT2D eigenvalue weighted by atomic mass is 32.2. The molecule has 3 aliphatic rings. The van der Waals surface area contributed by atoms with Gasteiger partial charge in [-0.05, 0) is 68.6 Å². The number of thiocarbonyl (C=S) groups is 1. The van der Waals surface area contributed by atoms with E-state index in [1.165, 1.54) is 11.3 Å². The predicted molar refractivity (Wildman–Crippen MR) is 132 cm³/mol. The van der Waals surface area contributed by atoms with E-state index < -0.39 is 10.0 Å². The maximum Gasteiger partial charge on any atom is 0.243 e. The molecular formula is C21H28N6O3S3. The minimum Gasteiger partial charge on any atom is -0.359 e. The second-order valence-corrected chi connectivity index (χ2v) is 12.3. The molecule has 1 unspecified atom stereocenters. The van der Waals surface area contributed by atoms with E-state index in [9.17, 15) is 13.2 Å². The van der Waals surface area contributed by atoms with Gasteiger partial charge in [0.2, 0.25) is 15.9 Å². The predicted octanol–water partition coefficient (Wildman–Crippen LogP) is 2.36. The Kier molecular flexibility index (Phi) is 6.19. The van der Waals surface area contributed by atoms with Crippen LogP contribution < -0.4 is 20.7 Å². The Bertz CT molecular complexity index is 1180. The van der Waals surface area contributed by atoms with Crippen LogP contribution in [0.3, 0.4) is 0 Å². The van der Waals surface area contributed by atoms with Crippen molar-refractivity contribution >= 4 is 55.4 Å². The average Bonchev–Trinajstić information content (AvgIpc) is 3.68. The molecule has 2 fully saturated rings. The smallest absolute Gasteiger partial charge is 0.243 e. The molecule has 0 bridgehead atoms. The maximum absolute atomic E-state index is 13.3. The Morgan fingerprint density at radius 3 is 2.70 bits per heavy atom. The lowest BCUT2D eigenvalue weighted by Crippen LogP contribution is -2.41. The first-order chi connectivity index (χ1) is 15.8. The zero-order valence-corrected chi connectivity index (χ0v) is 20.8. The molecule has 178 valence electrons. The van der Waals surface area contributed by atoms with Gasteiger partial charge in [-0.25, -0.2) is 13.1 Å². The van der Waals surface area contributed by atoms with E-state index in [1.54, 1.807) is 10.9 Å². The highest BCUT2D eigenvalue weighted by molar-refractivity contribution is 7.90. The fourth-order valence-corrected chi connectivity index (χ4v) is 7.42. The van der Waals surface area contributed by atoms with E-state index >= 15 is 0 Å². The zero-order valence-electron chi connectivity index (χ0n) is 18.4. The van der Waals surface area contributed by atoms with E-state index in [0.717, 1.165) is 54.8 Å². The summed E-state index contributed by atoms with van der Waals surface area (Å²) in [5.41, 5.74) is 0.793. The first-order valence-electron chi connectivity index (χ1n) is 11.3. The summed E-state index contributed by atoms with van der Waals surface area (Å²) >= 11 is 6.87. The summed E-state index contributed by atoms with van der Waals surface area (Å²) in [6.07, 6.45) is 7.62. The Balaban J connectivity index is 1.36. The van der Waals surface area contributed by atoms with Gasteiger partial charge in [0.25, 0.3) is 0 Å². The lowest BCUT2D eigenvalue weighted by Gasteiger charge is -2.25. The molecule has 1 atom stereocenters. The van der Waals surface area contributed by atoms with Crippen LogP contribution >= 0.6 is 23.6 Å². The van der Waals surface area contributed by atoms with Gasteiger partial charge >= 0.3 is 0 Å². The highest BCUT2D eigenvalue weighted by Gasteiger charge is 2.36. The number of sulfonamides is 1. The van der Waals surface area contributed by atoms with Gasteiger partial charge in [0, 0.05) is 36.5 Å². The highest BCUT2D eigenvalue weighted by Crippen LogP contribution is 2.42.